The van der Waals surface area contributed by atoms with Crippen LogP contribution in [0.3, 0.4) is 0 Å². The summed E-state index contributed by atoms with van der Waals surface area (Å²) < 4.78 is 82.9. The van der Waals surface area contributed by atoms with Crippen LogP contribution in [0.4, 0.5) is 26.3 Å². The summed E-state index contributed by atoms with van der Waals surface area (Å²) in [5.41, 5.74) is 5.68. The zero-order valence-corrected chi connectivity index (χ0v) is 28.8. The molecular formula is C49H26F6. The van der Waals surface area contributed by atoms with Crippen LogP contribution in [-0.4, -0.2) is 0 Å². The van der Waals surface area contributed by atoms with Gasteiger partial charge >= 0.3 is 6.18 Å². The molecule has 0 radical (unpaired) electrons. The van der Waals surface area contributed by atoms with E-state index in [4.69, 9.17) is 0 Å². The third kappa shape index (κ3) is 5.16. The second kappa shape index (κ2) is 12.2. The third-order valence-corrected chi connectivity index (χ3v) is 10.9. The molecule has 0 aliphatic heterocycles. The summed E-state index contributed by atoms with van der Waals surface area (Å²) in [4.78, 5) is 0. The molecular weight excluding hydrogens is 703 g/mol. The van der Waals surface area contributed by atoms with Gasteiger partial charge in [-0.05, 0) is 129 Å². The fourth-order valence-corrected chi connectivity index (χ4v) is 8.42. The van der Waals surface area contributed by atoms with Crippen LogP contribution in [0.15, 0.2) is 158 Å². The highest BCUT2D eigenvalue weighted by molar-refractivity contribution is 6.30. The molecule has 0 saturated heterocycles. The van der Waals surface area contributed by atoms with Gasteiger partial charge in [0.15, 0.2) is 17.5 Å². The first-order valence-electron chi connectivity index (χ1n) is 17.7. The zero-order chi connectivity index (χ0) is 37.6. The minimum Gasteiger partial charge on any atom is -0.204 e. The topological polar surface area (TPSA) is 0 Å². The first kappa shape index (κ1) is 32.9. The van der Waals surface area contributed by atoms with Gasteiger partial charge < -0.3 is 0 Å². The van der Waals surface area contributed by atoms with E-state index in [0.717, 1.165) is 106 Å². The first-order valence-corrected chi connectivity index (χ1v) is 17.7. The van der Waals surface area contributed by atoms with E-state index in [1.807, 2.05) is 72.8 Å². The lowest BCUT2D eigenvalue weighted by molar-refractivity contribution is -0.137. The van der Waals surface area contributed by atoms with E-state index in [0.29, 0.717) is 11.1 Å². The molecule has 0 unspecified atom stereocenters. The van der Waals surface area contributed by atoms with Crippen LogP contribution < -0.4 is 0 Å². The van der Waals surface area contributed by atoms with Crippen LogP contribution in [0.1, 0.15) is 5.56 Å². The molecule has 0 aromatic heterocycles. The van der Waals surface area contributed by atoms with E-state index in [1.54, 1.807) is 0 Å². The van der Waals surface area contributed by atoms with Gasteiger partial charge in [-0.25, -0.2) is 13.2 Å². The second-order valence-electron chi connectivity index (χ2n) is 13.9. The Morgan fingerprint density at radius 2 is 0.836 bits per heavy atom. The average molecular weight is 729 g/mol. The van der Waals surface area contributed by atoms with Crippen LogP contribution in [0, 0.1) is 17.5 Å². The Labute approximate surface area is 310 Å². The Kier molecular flexibility index (Phi) is 7.30. The monoisotopic (exact) mass is 728 g/mol. The highest BCUT2D eigenvalue weighted by Crippen LogP contribution is 2.48. The summed E-state index contributed by atoms with van der Waals surface area (Å²) in [6.07, 6.45) is -4.41. The van der Waals surface area contributed by atoms with Crippen LogP contribution >= 0.6 is 0 Å². The van der Waals surface area contributed by atoms with Crippen molar-refractivity contribution in [1.82, 2.24) is 0 Å². The minimum absolute atomic E-state index is 0.254. The highest BCUT2D eigenvalue weighted by Gasteiger charge is 2.30. The van der Waals surface area contributed by atoms with Crippen molar-refractivity contribution in [3.63, 3.8) is 0 Å². The molecule has 0 spiro atoms. The Balaban J connectivity index is 1.21. The molecule has 0 saturated carbocycles. The Morgan fingerprint density at radius 3 is 1.40 bits per heavy atom. The average Bonchev–Trinajstić information content (AvgIpc) is 3.20. The maximum absolute atomic E-state index is 14.5. The van der Waals surface area contributed by atoms with Gasteiger partial charge in [0.05, 0.1) is 5.56 Å². The molecule has 55 heavy (non-hydrogen) atoms. The van der Waals surface area contributed by atoms with Crippen molar-refractivity contribution in [2.75, 3.05) is 0 Å². The minimum atomic E-state index is -4.41. The van der Waals surface area contributed by atoms with Crippen molar-refractivity contribution < 1.29 is 26.3 Å². The number of alkyl halides is 3. The van der Waals surface area contributed by atoms with Gasteiger partial charge in [0.1, 0.15) is 0 Å². The van der Waals surface area contributed by atoms with E-state index >= 15 is 0 Å². The third-order valence-electron chi connectivity index (χ3n) is 10.9. The van der Waals surface area contributed by atoms with Crippen molar-refractivity contribution in [3.8, 4) is 44.5 Å². The van der Waals surface area contributed by atoms with Gasteiger partial charge in [-0.3, -0.25) is 0 Å². The van der Waals surface area contributed by atoms with E-state index in [9.17, 15) is 26.3 Å². The van der Waals surface area contributed by atoms with Crippen molar-refractivity contribution >= 4 is 53.9 Å². The van der Waals surface area contributed by atoms with Crippen LogP contribution in [0.2, 0.25) is 0 Å². The van der Waals surface area contributed by atoms with Crippen LogP contribution in [0.25, 0.3) is 98.4 Å². The molecule has 10 aromatic carbocycles. The van der Waals surface area contributed by atoms with Gasteiger partial charge in [0.25, 0.3) is 0 Å². The summed E-state index contributed by atoms with van der Waals surface area (Å²) in [5.74, 6) is -3.98. The molecule has 10 rings (SSSR count). The Hall–Kier alpha value is -6.66. The van der Waals surface area contributed by atoms with Crippen molar-refractivity contribution in [2.45, 2.75) is 6.18 Å². The van der Waals surface area contributed by atoms with Gasteiger partial charge in [-0.15, -0.1) is 0 Å². The first-order chi connectivity index (χ1) is 26.7. The predicted octanol–water partition coefficient (Wildman–Crippen LogP) is 15.0. The number of benzene rings is 10. The largest absolute Gasteiger partial charge is 0.416 e. The number of fused-ring (bicyclic) bond motifs is 2. The van der Waals surface area contributed by atoms with E-state index < -0.39 is 29.2 Å². The normalized spacial score (nSPS) is 12.2. The van der Waals surface area contributed by atoms with Crippen LogP contribution in [-0.2, 0) is 6.18 Å². The number of rotatable bonds is 4. The highest BCUT2D eigenvalue weighted by atomic mass is 19.4. The lowest BCUT2D eigenvalue weighted by atomic mass is 9.82. The summed E-state index contributed by atoms with van der Waals surface area (Å²) in [5, 5.41) is 9.86. The van der Waals surface area contributed by atoms with Crippen molar-refractivity contribution in [3.05, 3.63) is 181 Å². The summed E-state index contributed by atoms with van der Waals surface area (Å²) in [7, 11) is 0. The Morgan fingerprint density at radius 1 is 0.345 bits per heavy atom. The van der Waals surface area contributed by atoms with Gasteiger partial charge in [0.2, 0.25) is 0 Å². The standard InChI is InChI=1S/C49H26F6/c50-42-25-32(26-43(51)48(42)52)34-20-14-28-16-22-40-41(23-17-29-15-21-39(34)45(28)46(29)40)47-37-10-3-1-8-35(37)44(36-9-2-4-11-38(36)47)31-7-5-6-30(24-31)27-12-18-33(19-13-27)49(53,54)55/h1-26H. The van der Waals surface area contributed by atoms with E-state index in [2.05, 4.69) is 48.5 Å². The van der Waals surface area contributed by atoms with Crippen molar-refractivity contribution in [1.29, 1.82) is 0 Å². The fourth-order valence-electron chi connectivity index (χ4n) is 8.42. The molecule has 0 aliphatic carbocycles. The summed E-state index contributed by atoms with van der Waals surface area (Å²) in [6, 6.07) is 47.9. The molecule has 10 aromatic rings. The smallest absolute Gasteiger partial charge is 0.204 e. The molecule has 0 bridgehead atoms. The lowest BCUT2D eigenvalue weighted by Gasteiger charge is -2.21. The molecule has 0 N–H and O–H groups in total. The molecule has 0 aliphatic rings. The lowest BCUT2D eigenvalue weighted by Crippen LogP contribution is -2.03. The molecule has 0 atom stereocenters. The summed E-state index contributed by atoms with van der Waals surface area (Å²) >= 11 is 0. The maximum atomic E-state index is 14.5. The summed E-state index contributed by atoms with van der Waals surface area (Å²) in [6.45, 7) is 0. The molecule has 6 heteroatoms. The molecule has 0 heterocycles. The predicted molar refractivity (Wildman–Crippen MR) is 212 cm³/mol. The van der Waals surface area contributed by atoms with Gasteiger partial charge in [0, 0.05) is 0 Å². The van der Waals surface area contributed by atoms with Crippen molar-refractivity contribution in [2.24, 2.45) is 0 Å². The fraction of sp³-hybridized carbons (Fsp3) is 0.0204. The van der Waals surface area contributed by atoms with Gasteiger partial charge in [-0.2, -0.15) is 13.2 Å². The number of hydrogen-bond acceptors (Lipinski definition) is 0. The van der Waals surface area contributed by atoms with Crippen LogP contribution in [0.5, 0.6) is 0 Å². The molecule has 0 nitrogen and oxygen atoms in total. The van der Waals surface area contributed by atoms with E-state index in [1.165, 1.54) is 12.1 Å². The molecule has 0 fully saturated rings. The molecule has 0 amide bonds. The number of halogens is 6. The van der Waals surface area contributed by atoms with E-state index in [-0.39, 0.29) is 5.56 Å². The quantitative estimate of drug-likeness (QED) is 0.0733. The Bertz CT molecular complexity index is 3080. The molecule has 264 valence electrons. The maximum Gasteiger partial charge on any atom is 0.416 e. The SMILES string of the molecule is Fc1cc(-c2ccc3ccc4c(-c5c6ccccc6c(-c6cccc(-c7ccc(C(F)(F)F)cc7)c6)c6ccccc56)ccc5ccc2c3c54)cc(F)c1F. The zero-order valence-electron chi connectivity index (χ0n) is 28.8. The second-order valence-corrected chi connectivity index (χ2v) is 13.9. The van der Waals surface area contributed by atoms with Gasteiger partial charge in [-0.1, -0.05) is 127 Å². The number of hydrogen-bond donors (Lipinski definition) is 0.